The average Bonchev–Trinajstić information content (AvgIpc) is 2.64. The fraction of sp³-hybridized carbons (Fsp3) is 0.500. The Hall–Kier alpha value is -2.88. The summed E-state index contributed by atoms with van der Waals surface area (Å²) in [5, 5.41) is 14.0. The van der Waals surface area contributed by atoms with Gasteiger partial charge < -0.3 is 15.4 Å². The number of hydrogen-bond donors (Lipinski definition) is 2. The summed E-state index contributed by atoms with van der Waals surface area (Å²) in [5.41, 5.74) is 0.755. The molecule has 2 N–H and O–H groups in total. The molecule has 144 valence electrons. The van der Waals surface area contributed by atoms with Gasteiger partial charge in [0.05, 0.1) is 11.6 Å². The highest BCUT2D eigenvalue weighted by atomic mass is 16.5. The summed E-state index contributed by atoms with van der Waals surface area (Å²) in [6, 6.07) is 7.94. The molecule has 0 unspecified atom stereocenters. The molecule has 0 heterocycles. The van der Waals surface area contributed by atoms with Gasteiger partial charge in [0.15, 0.2) is 6.61 Å². The Morgan fingerprint density at radius 2 is 1.85 bits per heavy atom. The minimum absolute atomic E-state index is 0.122. The van der Waals surface area contributed by atoms with Crippen LogP contribution in [0.2, 0.25) is 0 Å². The summed E-state index contributed by atoms with van der Waals surface area (Å²) in [4.78, 5) is 35.5. The number of anilines is 1. The normalized spacial score (nSPS) is 21.6. The molecule has 27 heavy (non-hydrogen) atoms. The van der Waals surface area contributed by atoms with Crippen molar-refractivity contribution in [2.45, 2.75) is 45.6 Å². The SMILES string of the molecule is C[C@@H]1[C@@H](C)CCC[C@H]1NC(=O)COC(=O)c1ccc(NC(=O)CC#N)cc1. The van der Waals surface area contributed by atoms with Crippen molar-refractivity contribution in [1.82, 2.24) is 5.32 Å². The zero-order valence-electron chi connectivity index (χ0n) is 15.7. The van der Waals surface area contributed by atoms with Crippen molar-refractivity contribution in [3.05, 3.63) is 29.8 Å². The summed E-state index contributed by atoms with van der Waals surface area (Å²) in [6.45, 7) is 4.00. The van der Waals surface area contributed by atoms with Gasteiger partial charge in [0.2, 0.25) is 5.91 Å². The molecule has 0 bridgehead atoms. The number of nitrogens with zero attached hydrogens (tertiary/aromatic N) is 1. The molecule has 1 aromatic carbocycles. The predicted octanol–water partition coefficient (Wildman–Crippen LogP) is 2.64. The minimum atomic E-state index is -0.606. The Bertz CT molecular complexity index is 724. The van der Waals surface area contributed by atoms with Gasteiger partial charge in [0.25, 0.3) is 5.91 Å². The maximum absolute atomic E-state index is 12.1. The molecule has 1 saturated carbocycles. The van der Waals surface area contributed by atoms with Crippen LogP contribution in [-0.4, -0.2) is 30.4 Å². The van der Waals surface area contributed by atoms with E-state index < -0.39 is 11.9 Å². The Labute approximate surface area is 159 Å². The molecule has 7 heteroatoms. The van der Waals surface area contributed by atoms with Crippen LogP contribution in [0.3, 0.4) is 0 Å². The van der Waals surface area contributed by atoms with Crippen molar-refractivity contribution < 1.29 is 19.1 Å². The quantitative estimate of drug-likeness (QED) is 0.747. The zero-order valence-corrected chi connectivity index (χ0v) is 15.7. The predicted molar refractivity (Wildman–Crippen MR) is 99.7 cm³/mol. The first-order valence-corrected chi connectivity index (χ1v) is 9.14. The summed E-state index contributed by atoms with van der Waals surface area (Å²) in [6.07, 6.45) is 2.98. The van der Waals surface area contributed by atoms with E-state index in [4.69, 9.17) is 10.00 Å². The number of hydrogen-bond acceptors (Lipinski definition) is 5. The zero-order chi connectivity index (χ0) is 19.8. The third kappa shape index (κ3) is 6.10. The fourth-order valence-corrected chi connectivity index (χ4v) is 3.22. The Kier molecular flexibility index (Phi) is 7.35. The van der Waals surface area contributed by atoms with Crippen molar-refractivity contribution in [3.8, 4) is 6.07 Å². The molecule has 0 aromatic heterocycles. The molecule has 2 rings (SSSR count). The van der Waals surface area contributed by atoms with E-state index in [1.807, 2.05) is 0 Å². The number of esters is 1. The van der Waals surface area contributed by atoms with Gasteiger partial charge >= 0.3 is 5.97 Å². The van der Waals surface area contributed by atoms with Crippen LogP contribution in [-0.2, 0) is 14.3 Å². The number of carbonyl (C=O) groups excluding carboxylic acids is 3. The maximum Gasteiger partial charge on any atom is 0.338 e. The number of ether oxygens (including phenoxy) is 1. The molecule has 1 fully saturated rings. The fourth-order valence-electron chi connectivity index (χ4n) is 3.22. The number of nitriles is 1. The standard InChI is InChI=1S/C20H25N3O4/c1-13-4-3-5-17(14(13)2)23-19(25)12-27-20(26)15-6-8-16(9-7-15)22-18(24)10-11-21/h6-9,13-14,17H,3-5,10,12H2,1-2H3,(H,22,24)(H,23,25)/t13-,14+,17+/m0/s1. The largest absolute Gasteiger partial charge is 0.452 e. The summed E-state index contributed by atoms with van der Waals surface area (Å²) < 4.78 is 5.07. The van der Waals surface area contributed by atoms with Crippen LogP contribution in [0.4, 0.5) is 5.69 Å². The molecule has 1 aromatic rings. The van der Waals surface area contributed by atoms with Crippen molar-refractivity contribution in [1.29, 1.82) is 5.26 Å². The number of benzene rings is 1. The van der Waals surface area contributed by atoms with Crippen LogP contribution in [0, 0.1) is 23.2 Å². The van der Waals surface area contributed by atoms with Gasteiger partial charge in [-0.25, -0.2) is 4.79 Å². The molecule has 2 amide bonds. The number of carbonyl (C=O) groups is 3. The highest BCUT2D eigenvalue weighted by molar-refractivity contribution is 5.94. The molecular formula is C20H25N3O4. The molecule has 0 spiro atoms. The first-order valence-electron chi connectivity index (χ1n) is 9.14. The lowest BCUT2D eigenvalue weighted by molar-refractivity contribution is -0.125. The van der Waals surface area contributed by atoms with E-state index in [0.717, 1.165) is 12.8 Å². The Morgan fingerprint density at radius 1 is 1.15 bits per heavy atom. The lowest BCUT2D eigenvalue weighted by atomic mass is 9.78. The second kappa shape index (κ2) is 9.72. The first-order chi connectivity index (χ1) is 12.9. The van der Waals surface area contributed by atoms with Crippen molar-refractivity contribution in [2.24, 2.45) is 11.8 Å². The van der Waals surface area contributed by atoms with Crippen LogP contribution in [0.15, 0.2) is 24.3 Å². The lowest BCUT2D eigenvalue weighted by Crippen LogP contribution is -2.45. The lowest BCUT2D eigenvalue weighted by Gasteiger charge is -2.34. The minimum Gasteiger partial charge on any atom is -0.452 e. The average molecular weight is 371 g/mol. The molecule has 0 radical (unpaired) electrons. The van der Waals surface area contributed by atoms with Gasteiger partial charge in [0.1, 0.15) is 6.42 Å². The van der Waals surface area contributed by atoms with Gasteiger partial charge in [-0.2, -0.15) is 5.26 Å². The Balaban J connectivity index is 1.80. The highest BCUT2D eigenvalue weighted by Crippen LogP contribution is 2.29. The summed E-state index contributed by atoms with van der Waals surface area (Å²) in [7, 11) is 0. The van der Waals surface area contributed by atoms with Gasteiger partial charge in [0, 0.05) is 11.7 Å². The summed E-state index contributed by atoms with van der Waals surface area (Å²) >= 11 is 0. The third-order valence-corrected chi connectivity index (χ3v) is 5.03. The number of nitrogens with one attached hydrogen (secondary N) is 2. The van der Waals surface area contributed by atoms with E-state index in [-0.39, 0.29) is 30.5 Å². The second-order valence-electron chi connectivity index (χ2n) is 6.98. The second-order valence-corrected chi connectivity index (χ2v) is 6.98. The van der Waals surface area contributed by atoms with Crippen molar-refractivity contribution in [3.63, 3.8) is 0 Å². The van der Waals surface area contributed by atoms with E-state index in [1.54, 1.807) is 6.07 Å². The van der Waals surface area contributed by atoms with Crippen molar-refractivity contribution >= 4 is 23.5 Å². The molecule has 1 aliphatic carbocycles. The molecule has 7 nitrogen and oxygen atoms in total. The smallest absolute Gasteiger partial charge is 0.338 e. The van der Waals surface area contributed by atoms with E-state index in [0.29, 0.717) is 17.5 Å². The molecule has 3 atom stereocenters. The van der Waals surface area contributed by atoms with Crippen LogP contribution in [0.5, 0.6) is 0 Å². The molecule has 0 saturated heterocycles. The molecule has 1 aliphatic rings. The van der Waals surface area contributed by atoms with Gasteiger partial charge in [-0.15, -0.1) is 0 Å². The van der Waals surface area contributed by atoms with Crippen LogP contribution in [0.25, 0.3) is 0 Å². The monoisotopic (exact) mass is 371 g/mol. The number of amides is 2. The van der Waals surface area contributed by atoms with Crippen LogP contribution < -0.4 is 10.6 Å². The number of rotatable bonds is 6. The van der Waals surface area contributed by atoms with Gasteiger partial charge in [-0.3, -0.25) is 9.59 Å². The first kappa shape index (κ1) is 20.4. The Morgan fingerprint density at radius 3 is 2.52 bits per heavy atom. The van der Waals surface area contributed by atoms with Crippen LogP contribution >= 0.6 is 0 Å². The topological polar surface area (TPSA) is 108 Å². The summed E-state index contributed by atoms with van der Waals surface area (Å²) in [5.74, 6) is -0.350. The van der Waals surface area contributed by atoms with Crippen LogP contribution in [0.1, 0.15) is 49.9 Å². The molecular weight excluding hydrogens is 346 g/mol. The maximum atomic E-state index is 12.1. The third-order valence-electron chi connectivity index (χ3n) is 5.03. The molecule has 0 aliphatic heterocycles. The van der Waals surface area contributed by atoms with Gasteiger partial charge in [-0.1, -0.05) is 26.7 Å². The van der Waals surface area contributed by atoms with E-state index in [9.17, 15) is 14.4 Å². The van der Waals surface area contributed by atoms with Crippen molar-refractivity contribution in [2.75, 3.05) is 11.9 Å². The van der Waals surface area contributed by atoms with E-state index in [1.165, 1.54) is 30.7 Å². The van der Waals surface area contributed by atoms with E-state index in [2.05, 4.69) is 24.5 Å². The van der Waals surface area contributed by atoms with Gasteiger partial charge in [-0.05, 0) is 42.5 Å². The van der Waals surface area contributed by atoms with E-state index >= 15 is 0 Å². The highest BCUT2D eigenvalue weighted by Gasteiger charge is 2.28.